The Labute approximate surface area is 159 Å². The third kappa shape index (κ3) is 6.25. The Bertz CT molecular complexity index is 883. The van der Waals surface area contributed by atoms with Crippen LogP contribution in [0.5, 0.6) is 5.75 Å². The smallest absolute Gasteiger partial charge is 0.251 e. The second-order valence-corrected chi connectivity index (χ2v) is 8.17. The lowest BCUT2D eigenvalue weighted by molar-refractivity contribution is 0.0954. The van der Waals surface area contributed by atoms with Gasteiger partial charge in [0, 0.05) is 12.1 Å². The number of halogens is 1. The summed E-state index contributed by atoms with van der Waals surface area (Å²) in [6.45, 7) is 3.92. The van der Waals surface area contributed by atoms with Gasteiger partial charge in [0.05, 0.1) is 24.6 Å². The number of rotatable bonds is 8. The number of hydrogen-bond acceptors (Lipinski definition) is 4. The highest BCUT2D eigenvalue weighted by Crippen LogP contribution is 2.22. The quantitative estimate of drug-likeness (QED) is 0.747. The van der Waals surface area contributed by atoms with Crippen LogP contribution >= 0.6 is 0 Å². The van der Waals surface area contributed by atoms with E-state index in [-0.39, 0.29) is 24.8 Å². The molecule has 0 saturated carbocycles. The topological polar surface area (TPSA) is 75.7 Å². The van der Waals surface area contributed by atoms with Gasteiger partial charge < -0.3 is 10.1 Å². The van der Waals surface area contributed by atoms with Gasteiger partial charge in [0.15, 0.2) is 0 Å². The normalized spacial score (nSPS) is 11.3. The van der Waals surface area contributed by atoms with Gasteiger partial charge in [0.25, 0.3) is 5.91 Å². The third-order valence-electron chi connectivity index (χ3n) is 3.58. The van der Waals surface area contributed by atoms with E-state index < -0.39 is 21.7 Å². The molecule has 0 spiro atoms. The third-order valence-corrected chi connectivity index (χ3v) is 4.78. The molecule has 0 fully saturated rings. The van der Waals surface area contributed by atoms with E-state index in [1.807, 2.05) is 13.8 Å². The molecule has 8 heteroatoms. The van der Waals surface area contributed by atoms with E-state index in [1.165, 1.54) is 22.5 Å². The zero-order valence-corrected chi connectivity index (χ0v) is 16.3. The second-order valence-electron chi connectivity index (χ2n) is 6.26. The van der Waals surface area contributed by atoms with Crippen molar-refractivity contribution in [1.29, 1.82) is 0 Å². The molecule has 0 aliphatic carbocycles. The predicted octanol–water partition coefficient (Wildman–Crippen LogP) is 2.81. The number of sulfonamides is 1. The van der Waals surface area contributed by atoms with Gasteiger partial charge in [0.1, 0.15) is 11.6 Å². The molecule has 1 N–H and O–H groups in total. The molecule has 0 bridgehead atoms. The summed E-state index contributed by atoms with van der Waals surface area (Å²) in [6.07, 6.45) is 1.11. The number of benzene rings is 2. The molecule has 0 heterocycles. The van der Waals surface area contributed by atoms with Crippen LogP contribution < -0.4 is 14.4 Å². The Morgan fingerprint density at radius 3 is 2.41 bits per heavy atom. The van der Waals surface area contributed by atoms with E-state index in [4.69, 9.17) is 4.74 Å². The Morgan fingerprint density at radius 2 is 1.85 bits per heavy atom. The fourth-order valence-electron chi connectivity index (χ4n) is 2.45. The molecule has 2 aromatic rings. The van der Waals surface area contributed by atoms with Crippen LogP contribution in [-0.4, -0.2) is 39.8 Å². The molecule has 0 radical (unpaired) electrons. The number of anilines is 1. The number of nitrogens with one attached hydrogen (secondary N) is 1. The highest BCUT2D eigenvalue weighted by molar-refractivity contribution is 7.92. The van der Waals surface area contributed by atoms with E-state index in [0.717, 1.165) is 12.3 Å². The molecule has 0 atom stereocenters. The maximum Gasteiger partial charge on any atom is 0.251 e. The predicted molar refractivity (Wildman–Crippen MR) is 103 cm³/mol. The average molecular weight is 394 g/mol. The molecule has 0 aromatic heterocycles. The number of amides is 1. The van der Waals surface area contributed by atoms with Crippen molar-refractivity contribution < 1.29 is 22.3 Å². The summed E-state index contributed by atoms with van der Waals surface area (Å²) in [7, 11) is -3.54. The van der Waals surface area contributed by atoms with Crippen molar-refractivity contribution in [3.05, 3.63) is 59.9 Å². The van der Waals surface area contributed by atoms with Crippen LogP contribution in [0.4, 0.5) is 10.1 Å². The highest BCUT2D eigenvalue weighted by Gasteiger charge is 2.18. The van der Waals surface area contributed by atoms with Gasteiger partial charge in [-0.25, -0.2) is 12.8 Å². The van der Waals surface area contributed by atoms with E-state index in [9.17, 15) is 17.6 Å². The van der Waals surface area contributed by atoms with Gasteiger partial charge in [-0.3, -0.25) is 9.10 Å². The van der Waals surface area contributed by atoms with Gasteiger partial charge >= 0.3 is 0 Å². The molecule has 0 aliphatic rings. The number of ether oxygens (including phenoxy) is 1. The van der Waals surface area contributed by atoms with Crippen molar-refractivity contribution in [3.8, 4) is 5.75 Å². The summed E-state index contributed by atoms with van der Waals surface area (Å²) in [5.41, 5.74) is 0.643. The van der Waals surface area contributed by atoms with Crippen LogP contribution in [0.1, 0.15) is 24.2 Å². The molecule has 27 heavy (non-hydrogen) atoms. The summed E-state index contributed by atoms with van der Waals surface area (Å²) in [4.78, 5) is 12.0. The van der Waals surface area contributed by atoms with Crippen molar-refractivity contribution in [1.82, 2.24) is 5.32 Å². The van der Waals surface area contributed by atoms with Crippen molar-refractivity contribution in [2.24, 2.45) is 0 Å². The van der Waals surface area contributed by atoms with E-state index in [2.05, 4.69) is 5.32 Å². The SMILES string of the molecule is CC(C)Oc1ccc(N(CCNC(=O)c2cccc(F)c2)S(C)(=O)=O)cc1. The number of nitrogens with zero attached hydrogens (tertiary/aromatic N) is 1. The zero-order valence-electron chi connectivity index (χ0n) is 15.5. The molecule has 2 rings (SSSR count). The molecule has 0 aliphatic heterocycles. The Kier molecular flexibility index (Phi) is 6.79. The fraction of sp³-hybridized carbons (Fsp3) is 0.316. The number of carbonyl (C=O) groups excluding carboxylic acids is 1. The lowest BCUT2D eigenvalue weighted by Crippen LogP contribution is -2.38. The van der Waals surface area contributed by atoms with Crippen LogP contribution in [-0.2, 0) is 10.0 Å². The van der Waals surface area contributed by atoms with Crippen molar-refractivity contribution in [2.75, 3.05) is 23.7 Å². The maximum atomic E-state index is 13.2. The molecular weight excluding hydrogens is 371 g/mol. The first-order valence-corrected chi connectivity index (χ1v) is 10.3. The Balaban J connectivity index is 2.04. The minimum absolute atomic E-state index is 0.0138. The molecule has 146 valence electrons. The summed E-state index contributed by atoms with van der Waals surface area (Å²) in [5.74, 6) is -0.339. The van der Waals surface area contributed by atoms with Gasteiger partial charge in [-0.15, -0.1) is 0 Å². The minimum Gasteiger partial charge on any atom is -0.491 e. The van der Waals surface area contributed by atoms with Crippen LogP contribution in [0.3, 0.4) is 0 Å². The first-order chi connectivity index (χ1) is 12.7. The van der Waals surface area contributed by atoms with E-state index in [0.29, 0.717) is 11.4 Å². The monoisotopic (exact) mass is 394 g/mol. The van der Waals surface area contributed by atoms with Crippen LogP contribution in [0.2, 0.25) is 0 Å². The van der Waals surface area contributed by atoms with Crippen molar-refractivity contribution in [2.45, 2.75) is 20.0 Å². The lowest BCUT2D eigenvalue weighted by atomic mass is 10.2. The van der Waals surface area contributed by atoms with E-state index in [1.54, 1.807) is 24.3 Å². The van der Waals surface area contributed by atoms with E-state index >= 15 is 0 Å². The number of hydrogen-bond donors (Lipinski definition) is 1. The average Bonchev–Trinajstić information content (AvgIpc) is 2.58. The zero-order chi connectivity index (χ0) is 20.0. The first-order valence-electron chi connectivity index (χ1n) is 8.45. The molecular formula is C19H23FN2O4S. The maximum absolute atomic E-state index is 13.2. The molecule has 1 amide bonds. The molecule has 6 nitrogen and oxygen atoms in total. The van der Waals surface area contributed by atoms with Crippen molar-refractivity contribution in [3.63, 3.8) is 0 Å². The lowest BCUT2D eigenvalue weighted by Gasteiger charge is -2.23. The van der Waals surface area contributed by atoms with Gasteiger partial charge in [-0.2, -0.15) is 0 Å². The highest BCUT2D eigenvalue weighted by atomic mass is 32.2. The first kappa shape index (κ1) is 20.7. The van der Waals surface area contributed by atoms with Gasteiger partial charge in [0.2, 0.25) is 10.0 Å². The number of carbonyl (C=O) groups is 1. The molecule has 2 aromatic carbocycles. The summed E-state index contributed by atoms with van der Waals surface area (Å²) in [5, 5.41) is 2.60. The summed E-state index contributed by atoms with van der Waals surface area (Å²) in [6, 6.07) is 12.0. The molecule has 0 unspecified atom stereocenters. The van der Waals surface area contributed by atoms with Crippen LogP contribution in [0.15, 0.2) is 48.5 Å². The van der Waals surface area contributed by atoms with Crippen LogP contribution in [0.25, 0.3) is 0 Å². The second kappa shape index (κ2) is 8.85. The van der Waals surface area contributed by atoms with Gasteiger partial charge in [-0.1, -0.05) is 6.07 Å². The molecule has 0 saturated heterocycles. The fourth-order valence-corrected chi connectivity index (χ4v) is 3.38. The summed E-state index contributed by atoms with van der Waals surface area (Å²) < 4.78 is 44.2. The summed E-state index contributed by atoms with van der Waals surface area (Å²) >= 11 is 0. The standard InChI is InChI=1S/C19H23FN2O4S/c1-14(2)26-18-9-7-17(8-10-18)22(27(3,24)25)12-11-21-19(23)15-5-4-6-16(20)13-15/h4-10,13-14H,11-12H2,1-3H3,(H,21,23). The Hall–Kier alpha value is -2.61. The van der Waals surface area contributed by atoms with Gasteiger partial charge in [-0.05, 0) is 56.3 Å². The largest absolute Gasteiger partial charge is 0.491 e. The minimum atomic E-state index is -3.54. The Morgan fingerprint density at radius 1 is 1.19 bits per heavy atom. The van der Waals surface area contributed by atoms with Crippen LogP contribution in [0, 0.1) is 5.82 Å². The van der Waals surface area contributed by atoms with Crippen molar-refractivity contribution >= 4 is 21.6 Å².